The molecule has 96 valence electrons. The van der Waals surface area contributed by atoms with Gasteiger partial charge in [0.25, 0.3) is 0 Å². The van der Waals surface area contributed by atoms with Gasteiger partial charge in [0.1, 0.15) is 11.3 Å². The number of rotatable bonds is 3. The smallest absolute Gasteiger partial charge is 0.160 e. The van der Waals surface area contributed by atoms with Crippen molar-refractivity contribution in [1.82, 2.24) is 14.5 Å². The average molecular weight is 266 g/mol. The molecule has 1 fully saturated rings. The number of methoxy groups -OCH3 is 1. The summed E-state index contributed by atoms with van der Waals surface area (Å²) in [5, 5.41) is 0. The third-order valence-electron chi connectivity index (χ3n) is 3.64. The van der Waals surface area contributed by atoms with E-state index in [2.05, 4.69) is 14.5 Å². The van der Waals surface area contributed by atoms with Crippen LogP contribution < -0.4 is 0 Å². The Morgan fingerprint density at radius 2 is 2.17 bits per heavy atom. The molecule has 0 saturated heterocycles. The molecule has 2 heterocycles. The third kappa shape index (κ3) is 1.80. The van der Waals surface area contributed by atoms with Crippen LogP contribution in [0.1, 0.15) is 30.4 Å². The van der Waals surface area contributed by atoms with Gasteiger partial charge in [-0.25, -0.2) is 9.97 Å². The third-order valence-corrected chi connectivity index (χ3v) is 3.88. The molecule has 0 amide bonds. The van der Waals surface area contributed by atoms with Crippen molar-refractivity contribution in [3.05, 3.63) is 23.7 Å². The van der Waals surface area contributed by atoms with E-state index in [4.69, 9.17) is 16.3 Å². The zero-order chi connectivity index (χ0) is 12.7. The summed E-state index contributed by atoms with van der Waals surface area (Å²) in [5.74, 6) is 1.33. The average Bonchev–Trinajstić information content (AvgIpc) is 2.66. The first-order valence-electron chi connectivity index (χ1n) is 6.16. The predicted molar refractivity (Wildman–Crippen MR) is 70.9 cm³/mol. The number of pyridine rings is 1. The number of fused-ring (bicyclic) bond motifs is 1. The van der Waals surface area contributed by atoms with Crippen LogP contribution in [-0.4, -0.2) is 27.7 Å². The monoisotopic (exact) mass is 265 g/mol. The van der Waals surface area contributed by atoms with E-state index in [0.29, 0.717) is 18.0 Å². The maximum absolute atomic E-state index is 6.00. The van der Waals surface area contributed by atoms with Crippen molar-refractivity contribution >= 4 is 22.8 Å². The van der Waals surface area contributed by atoms with E-state index in [1.54, 1.807) is 7.11 Å². The minimum absolute atomic E-state index is 0.362. The highest BCUT2D eigenvalue weighted by molar-refractivity contribution is 6.16. The lowest BCUT2D eigenvalue weighted by Gasteiger charge is -2.35. The molecule has 4 nitrogen and oxygen atoms in total. The van der Waals surface area contributed by atoms with Crippen molar-refractivity contribution in [2.24, 2.45) is 0 Å². The van der Waals surface area contributed by atoms with Crippen LogP contribution in [0.2, 0.25) is 0 Å². The fraction of sp³-hybridized carbons (Fsp3) is 0.538. The van der Waals surface area contributed by atoms with Crippen molar-refractivity contribution in [2.45, 2.75) is 37.8 Å². The highest BCUT2D eigenvalue weighted by atomic mass is 35.5. The molecule has 1 saturated carbocycles. The van der Waals surface area contributed by atoms with Crippen molar-refractivity contribution in [1.29, 1.82) is 0 Å². The molecule has 2 aromatic rings. The number of aryl methyl sites for hydroxylation is 1. The minimum atomic E-state index is 0.362. The van der Waals surface area contributed by atoms with E-state index in [1.807, 2.05) is 19.1 Å². The van der Waals surface area contributed by atoms with Crippen LogP contribution in [0, 0.1) is 6.92 Å². The molecule has 18 heavy (non-hydrogen) atoms. The van der Waals surface area contributed by atoms with Crippen LogP contribution in [0.15, 0.2) is 12.1 Å². The molecule has 0 spiro atoms. The van der Waals surface area contributed by atoms with Crippen LogP contribution in [0.5, 0.6) is 0 Å². The van der Waals surface area contributed by atoms with E-state index in [-0.39, 0.29) is 0 Å². The lowest BCUT2D eigenvalue weighted by Crippen LogP contribution is -2.33. The Morgan fingerprint density at radius 3 is 2.83 bits per heavy atom. The quantitative estimate of drug-likeness (QED) is 0.801. The zero-order valence-corrected chi connectivity index (χ0v) is 11.3. The number of ether oxygens (including phenoxy) is 1. The maximum Gasteiger partial charge on any atom is 0.160 e. The maximum atomic E-state index is 6.00. The van der Waals surface area contributed by atoms with Crippen molar-refractivity contribution in [2.75, 3.05) is 7.11 Å². The van der Waals surface area contributed by atoms with E-state index < -0.39 is 0 Å². The van der Waals surface area contributed by atoms with Crippen LogP contribution in [-0.2, 0) is 10.6 Å². The highest BCUT2D eigenvalue weighted by Crippen LogP contribution is 2.37. The second-order valence-electron chi connectivity index (χ2n) is 4.81. The first-order valence-corrected chi connectivity index (χ1v) is 6.69. The summed E-state index contributed by atoms with van der Waals surface area (Å²) in [6.45, 7) is 2.00. The number of aromatic nitrogens is 3. The molecule has 0 unspecified atom stereocenters. The van der Waals surface area contributed by atoms with Crippen LogP contribution in [0.25, 0.3) is 11.2 Å². The van der Waals surface area contributed by atoms with Gasteiger partial charge in [0, 0.05) is 18.8 Å². The number of imidazole rings is 1. The van der Waals surface area contributed by atoms with E-state index in [1.165, 1.54) is 0 Å². The van der Waals surface area contributed by atoms with Gasteiger partial charge in [-0.15, -0.1) is 11.6 Å². The van der Waals surface area contributed by atoms with Crippen LogP contribution >= 0.6 is 11.6 Å². The lowest BCUT2D eigenvalue weighted by atomic mass is 9.89. The van der Waals surface area contributed by atoms with E-state index in [9.17, 15) is 0 Å². The van der Waals surface area contributed by atoms with E-state index in [0.717, 1.165) is 35.5 Å². The SMILES string of the molecule is COC1CC(n2c(CCl)nc3ccc(C)nc32)C1. The standard InChI is InChI=1S/C13H16ClN3O/c1-8-3-4-11-13(15-8)17(12(7-14)16-11)9-5-10(6-9)18-2/h3-4,9-10H,5-7H2,1-2H3. The van der Waals surface area contributed by atoms with E-state index >= 15 is 0 Å². The topological polar surface area (TPSA) is 39.9 Å². The zero-order valence-electron chi connectivity index (χ0n) is 10.6. The lowest BCUT2D eigenvalue weighted by molar-refractivity contribution is 0.00660. The van der Waals surface area contributed by atoms with Crippen LogP contribution in [0.3, 0.4) is 0 Å². The van der Waals surface area contributed by atoms with Gasteiger partial charge in [0.05, 0.1) is 12.0 Å². The first-order chi connectivity index (χ1) is 8.72. The Hall–Kier alpha value is -1.13. The first kappa shape index (κ1) is 11.9. The van der Waals surface area contributed by atoms with Gasteiger partial charge in [-0.1, -0.05) is 0 Å². The summed E-state index contributed by atoms with van der Waals surface area (Å²) in [7, 11) is 1.76. The van der Waals surface area contributed by atoms with Crippen molar-refractivity contribution in [3.63, 3.8) is 0 Å². The molecule has 0 bridgehead atoms. The summed E-state index contributed by atoms with van der Waals surface area (Å²) < 4.78 is 7.52. The fourth-order valence-electron chi connectivity index (χ4n) is 2.53. The second-order valence-corrected chi connectivity index (χ2v) is 5.08. The Balaban J connectivity index is 2.05. The molecule has 0 atom stereocenters. The molecule has 2 aromatic heterocycles. The molecule has 5 heteroatoms. The minimum Gasteiger partial charge on any atom is -0.381 e. The molecule has 0 N–H and O–H groups in total. The van der Waals surface area contributed by atoms with Gasteiger partial charge in [-0.2, -0.15) is 0 Å². The number of hydrogen-bond acceptors (Lipinski definition) is 3. The molecule has 0 aromatic carbocycles. The molecule has 0 aliphatic heterocycles. The Kier molecular flexibility index (Phi) is 2.99. The fourth-order valence-corrected chi connectivity index (χ4v) is 2.72. The molecule has 3 rings (SSSR count). The van der Waals surface area contributed by atoms with Gasteiger partial charge < -0.3 is 9.30 Å². The Bertz CT molecular complexity index is 575. The van der Waals surface area contributed by atoms with Crippen molar-refractivity contribution in [3.8, 4) is 0 Å². The molecular formula is C13H16ClN3O. The van der Waals surface area contributed by atoms with Gasteiger partial charge in [-0.3, -0.25) is 0 Å². The van der Waals surface area contributed by atoms with Crippen LogP contribution in [0.4, 0.5) is 0 Å². The molecule has 1 aliphatic carbocycles. The second kappa shape index (κ2) is 4.52. The number of halogens is 1. The summed E-state index contributed by atoms with van der Waals surface area (Å²) in [6, 6.07) is 4.41. The summed E-state index contributed by atoms with van der Waals surface area (Å²) in [4.78, 5) is 9.15. The normalized spacial score (nSPS) is 23.3. The number of nitrogens with zero attached hydrogens (tertiary/aromatic N) is 3. The summed E-state index contributed by atoms with van der Waals surface area (Å²) in [6.07, 6.45) is 2.39. The van der Waals surface area contributed by atoms with Gasteiger partial charge in [0.15, 0.2) is 5.65 Å². The highest BCUT2D eigenvalue weighted by Gasteiger charge is 2.33. The van der Waals surface area contributed by atoms with Gasteiger partial charge in [-0.05, 0) is 31.9 Å². The number of alkyl halides is 1. The largest absolute Gasteiger partial charge is 0.381 e. The number of hydrogen-bond donors (Lipinski definition) is 0. The van der Waals surface area contributed by atoms with Gasteiger partial charge in [0.2, 0.25) is 0 Å². The van der Waals surface area contributed by atoms with Gasteiger partial charge >= 0.3 is 0 Å². The molecule has 0 radical (unpaired) electrons. The molecular weight excluding hydrogens is 250 g/mol. The Morgan fingerprint density at radius 1 is 1.39 bits per heavy atom. The summed E-state index contributed by atoms with van der Waals surface area (Å²) >= 11 is 6.00. The summed E-state index contributed by atoms with van der Waals surface area (Å²) in [5.41, 5.74) is 2.88. The predicted octanol–water partition coefficient (Wildman–Crippen LogP) is 2.83. The van der Waals surface area contributed by atoms with Crippen molar-refractivity contribution < 1.29 is 4.74 Å². The Labute approximate surface area is 111 Å². The molecule has 1 aliphatic rings.